The molecule has 0 saturated carbocycles. The Morgan fingerprint density at radius 1 is 0.905 bits per heavy atom. The number of sulfonamides is 1. The van der Waals surface area contributed by atoms with E-state index in [1.165, 1.54) is 24.0 Å². The van der Waals surface area contributed by atoms with Crippen LogP contribution in [0.15, 0.2) is 72.8 Å². The number of ketones is 1. The van der Waals surface area contributed by atoms with Gasteiger partial charge in [-0.2, -0.15) is 0 Å². The molecule has 224 valence electrons. The molecule has 0 aromatic heterocycles. The van der Waals surface area contributed by atoms with Crippen molar-refractivity contribution in [3.63, 3.8) is 0 Å². The van der Waals surface area contributed by atoms with Crippen LogP contribution < -0.4 is 9.62 Å². The first-order valence-electron chi connectivity index (χ1n) is 13.5. The number of anilines is 1. The van der Waals surface area contributed by atoms with E-state index in [4.69, 9.17) is 23.2 Å². The fourth-order valence-corrected chi connectivity index (χ4v) is 5.55. The third-order valence-corrected chi connectivity index (χ3v) is 8.54. The van der Waals surface area contributed by atoms with Crippen LogP contribution in [-0.2, 0) is 32.6 Å². The Morgan fingerprint density at radius 3 is 2.24 bits per heavy atom. The molecule has 0 aliphatic rings. The average molecular weight is 633 g/mol. The van der Waals surface area contributed by atoms with E-state index in [1.807, 2.05) is 37.3 Å². The maximum Gasteiger partial charge on any atom is 0.244 e. The van der Waals surface area contributed by atoms with Gasteiger partial charge in [-0.15, -0.1) is 0 Å². The van der Waals surface area contributed by atoms with Crippen LogP contribution in [0, 0.1) is 0 Å². The summed E-state index contributed by atoms with van der Waals surface area (Å²) in [4.78, 5) is 41.1. The Hall–Kier alpha value is -3.40. The number of nitrogens with zero attached hydrogens (tertiary/aromatic N) is 2. The van der Waals surface area contributed by atoms with E-state index in [9.17, 15) is 22.8 Å². The van der Waals surface area contributed by atoms with Crippen molar-refractivity contribution in [3.8, 4) is 0 Å². The number of carbonyl (C=O) groups excluding carboxylic acids is 3. The van der Waals surface area contributed by atoms with Crippen molar-refractivity contribution in [1.29, 1.82) is 0 Å². The fourth-order valence-electron chi connectivity index (χ4n) is 4.39. The molecule has 8 nitrogen and oxygen atoms in total. The zero-order valence-electron chi connectivity index (χ0n) is 23.8. The molecule has 0 unspecified atom stereocenters. The summed E-state index contributed by atoms with van der Waals surface area (Å²) < 4.78 is 26.8. The van der Waals surface area contributed by atoms with Gasteiger partial charge in [-0.25, -0.2) is 8.42 Å². The number of hydrogen-bond donors (Lipinski definition) is 1. The second-order valence-corrected chi connectivity index (χ2v) is 12.7. The van der Waals surface area contributed by atoms with Gasteiger partial charge in [0, 0.05) is 25.1 Å². The van der Waals surface area contributed by atoms with Crippen LogP contribution in [0.3, 0.4) is 0 Å². The zero-order valence-corrected chi connectivity index (χ0v) is 26.2. The number of benzene rings is 3. The second-order valence-electron chi connectivity index (χ2n) is 10.00. The number of carbonyl (C=O) groups is 3. The molecule has 0 radical (unpaired) electrons. The monoisotopic (exact) mass is 631 g/mol. The molecule has 0 aliphatic carbocycles. The molecule has 0 saturated heterocycles. The molecule has 11 heteroatoms. The van der Waals surface area contributed by atoms with Crippen LogP contribution in [0.4, 0.5) is 5.69 Å². The van der Waals surface area contributed by atoms with Crippen molar-refractivity contribution in [2.45, 2.75) is 45.7 Å². The van der Waals surface area contributed by atoms with Gasteiger partial charge in [-0.3, -0.25) is 18.7 Å². The summed E-state index contributed by atoms with van der Waals surface area (Å²) in [5, 5.41) is 3.55. The van der Waals surface area contributed by atoms with E-state index in [1.54, 1.807) is 30.3 Å². The van der Waals surface area contributed by atoms with Gasteiger partial charge in [0.2, 0.25) is 21.8 Å². The van der Waals surface area contributed by atoms with E-state index < -0.39 is 28.5 Å². The van der Waals surface area contributed by atoms with Gasteiger partial charge in [0.1, 0.15) is 12.6 Å². The zero-order chi connectivity index (χ0) is 30.9. The summed E-state index contributed by atoms with van der Waals surface area (Å²) in [6, 6.07) is 19.3. The van der Waals surface area contributed by atoms with Gasteiger partial charge in [-0.1, -0.05) is 85.1 Å². The lowest BCUT2D eigenvalue weighted by molar-refractivity contribution is -0.140. The number of unbranched alkanes of at least 4 members (excludes halogenated alkanes) is 1. The highest BCUT2D eigenvalue weighted by atomic mass is 35.5. The minimum absolute atomic E-state index is 0.0283. The largest absolute Gasteiger partial charge is 0.354 e. The molecule has 3 rings (SSSR count). The summed E-state index contributed by atoms with van der Waals surface area (Å²) in [5.41, 5.74) is 1.91. The Kier molecular flexibility index (Phi) is 12.0. The van der Waals surface area contributed by atoms with E-state index in [-0.39, 0.29) is 35.4 Å². The Balaban J connectivity index is 2.07. The van der Waals surface area contributed by atoms with Crippen molar-refractivity contribution < 1.29 is 22.8 Å². The highest BCUT2D eigenvalue weighted by Gasteiger charge is 2.33. The Labute approximate surface area is 257 Å². The van der Waals surface area contributed by atoms with Crippen molar-refractivity contribution in [2.75, 3.05) is 23.7 Å². The van der Waals surface area contributed by atoms with Gasteiger partial charge >= 0.3 is 0 Å². The predicted octanol–water partition coefficient (Wildman–Crippen LogP) is 5.52. The van der Waals surface area contributed by atoms with Crippen LogP contribution >= 0.6 is 23.2 Å². The molecule has 2 amide bonds. The Bertz CT molecular complexity index is 1520. The maximum absolute atomic E-state index is 14.1. The third-order valence-electron chi connectivity index (χ3n) is 6.66. The van der Waals surface area contributed by atoms with E-state index in [2.05, 4.69) is 5.32 Å². The van der Waals surface area contributed by atoms with Gasteiger partial charge in [-0.05, 0) is 48.7 Å². The van der Waals surface area contributed by atoms with Gasteiger partial charge in [0.25, 0.3) is 0 Å². The van der Waals surface area contributed by atoms with Crippen LogP contribution in [-0.4, -0.2) is 56.3 Å². The summed E-state index contributed by atoms with van der Waals surface area (Å²) in [5.74, 6) is -1.21. The standard InChI is InChI=1S/C31H35Cl2N3O5S/c1-4-5-16-34-31(39)29(18-23-10-7-6-8-11-23)35(20-24-14-15-27(32)28(33)17-24)30(38)21-36(42(3,40)41)26-13-9-12-25(19-26)22(2)37/h6-15,17,19,29H,4-5,16,18,20-21H2,1-3H3,(H,34,39)/t29-/m0/s1. The molecule has 42 heavy (non-hydrogen) atoms. The minimum Gasteiger partial charge on any atom is -0.354 e. The highest BCUT2D eigenvalue weighted by molar-refractivity contribution is 7.92. The smallest absolute Gasteiger partial charge is 0.244 e. The molecule has 0 aliphatic heterocycles. The summed E-state index contributed by atoms with van der Waals surface area (Å²) in [6.07, 6.45) is 2.82. The molecular formula is C31H35Cl2N3O5S. The first kappa shape index (κ1) is 33.1. The van der Waals surface area contributed by atoms with Crippen LogP contribution in [0.1, 0.15) is 48.2 Å². The number of amides is 2. The number of hydrogen-bond acceptors (Lipinski definition) is 5. The summed E-state index contributed by atoms with van der Waals surface area (Å²) in [7, 11) is -3.96. The number of halogens is 2. The average Bonchev–Trinajstić information content (AvgIpc) is 2.95. The lowest BCUT2D eigenvalue weighted by atomic mass is 10.0. The number of Topliss-reactive ketones (excluding diaryl/α,β-unsaturated/α-hetero) is 1. The predicted molar refractivity (Wildman–Crippen MR) is 167 cm³/mol. The third kappa shape index (κ3) is 9.31. The fraction of sp³-hybridized carbons (Fsp3) is 0.323. The lowest BCUT2D eigenvalue weighted by Gasteiger charge is -2.33. The first-order valence-corrected chi connectivity index (χ1v) is 16.1. The number of nitrogens with one attached hydrogen (secondary N) is 1. The topological polar surface area (TPSA) is 104 Å². The summed E-state index contributed by atoms with van der Waals surface area (Å²) >= 11 is 12.4. The van der Waals surface area contributed by atoms with Gasteiger partial charge < -0.3 is 10.2 Å². The van der Waals surface area contributed by atoms with Crippen LogP contribution in [0.25, 0.3) is 0 Å². The van der Waals surface area contributed by atoms with Crippen molar-refractivity contribution in [3.05, 3.63) is 99.5 Å². The molecule has 0 heterocycles. The highest BCUT2D eigenvalue weighted by Crippen LogP contribution is 2.25. The van der Waals surface area contributed by atoms with E-state index >= 15 is 0 Å². The van der Waals surface area contributed by atoms with Crippen molar-refractivity contribution in [2.24, 2.45) is 0 Å². The van der Waals surface area contributed by atoms with E-state index in [0.29, 0.717) is 22.7 Å². The molecular weight excluding hydrogens is 597 g/mol. The van der Waals surface area contributed by atoms with E-state index in [0.717, 1.165) is 29.0 Å². The molecule has 0 fully saturated rings. The second kappa shape index (κ2) is 15.2. The first-order chi connectivity index (χ1) is 19.9. The van der Waals surface area contributed by atoms with Crippen LogP contribution in [0.2, 0.25) is 10.0 Å². The maximum atomic E-state index is 14.1. The Morgan fingerprint density at radius 2 is 1.62 bits per heavy atom. The molecule has 1 N–H and O–H groups in total. The normalized spacial score (nSPS) is 11.9. The van der Waals surface area contributed by atoms with Gasteiger partial charge in [0.05, 0.1) is 22.0 Å². The van der Waals surface area contributed by atoms with Gasteiger partial charge in [0.15, 0.2) is 5.78 Å². The molecule has 3 aromatic rings. The van der Waals surface area contributed by atoms with Crippen LogP contribution in [0.5, 0.6) is 0 Å². The summed E-state index contributed by atoms with van der Waals surface area (Å²) in [6.45, 7) is 3.20. The number of rotatable bonds is 14. The quantitative estimate of drug-likeness (QED) is 0.186. The minimum atomic E-state index is -3.96. The molecule has 1 atom stereocenters. The SMILES string of the molecule is CCCCNC(=O)[C@H](Cc1ccccc1)N(Cc1ccc(Cl)c(Cl)c1)C(=O)CN(c1cccc(C(C)=O)c1)S(C)(=O)=O. The van der Waals surface area contributed by atoms with Crippen molar-refractivity contribution >= 4 is 56.5 Å². The van der Waals surface area contributed by atoms with Crippen molar-refractivity contribution in [1.82, 2.24) is 10.2 Å². The lowest BCUT2D eigenvalue weighted by Crippen LogP contribution is -2.53. The molecule has 0 bridgehead atoms. The molecule has 0 spiro atoms. The molecule has 3 aromatic carbocycles.